The van der Waals surface area contributed by atoms with Crippen molar-refractivity contribution in [2.75, 3.05) is 39.7 Å². The summed E-state index contributed by atoms with van der Waals surface area (Å²) in [5.74, 6) is 1.88. The molecule has 0 radical (unpaired) electrons. The molecular formula is C21H26N2O4. The first-order valence-corrected chi connectivity index (χ1v) is 9.07. The monoisotopic (exact) mass is 370 g/mol. The molecule has 3 rings (SSSR count). The van der Waals surface area contributed by atoms with Gasteiger partial charge in [0, 0.05) is 24.8 Å². The highest BCUT2D eigenvalue weighted by molar-refractivity contribution is 5.97. The summed E-state index contributed by atoms with van der Waals surface area (Å²) in [5, 5.41) is 3.53. The van der Waals surface area contributed by atoms with E-state index < -0.39 is 0 Å². The zero-order valence-electron chi connectivity index (χ0n) is 16.0. The first-order valence-electron chi connectivity index (χ1n) is 9.07. The molecule has 1 fully saturated rings. The number of ether oxygens (including phenoxy) is 3. The summed E-state index contributed by atoms with van der Waals surface area (Å²) >= 11 is 0. The average molecular weight is 370 g/mol. The van der Waals surface area contributed by atoms with Crippen molar-refractivity contribution in [2.45, 2.75) is 18.9 Å². The van der Waals surface area contributed by atoms with Crippen molar-refractivity contribution in [1.82, 2.24) is 4.90 Å². The summed E-state index contributed by atoms with van der Waals surface area (Å²) in [4.78, 5) is 14.8. The van der Waals surface area contributed by atoms with Gasteiger partial charge < -0.3 is 24.4 Å². The number of nitrogens with zero attached hydrogens (tertiary/aromatic N) is 1. The molecular weight excluding hydrogens is 344 g/mol. The van der Waals surface area contributed by atoms with E-state index in [1.165, 1.54) is 0 Å². The van der Waals surface area contributed by atoms with Crippen LogP contribution in [0.5, 0.6) is 17.2 Å². The number of amides is 1. The summed E-state index contributed by atoms with van der Waals surface area (Å²) < 4.78 is 15.9. The van der Waals surface area contributed by atoms with Gasteiger partial charge in [0.15, 0.2) is 11.5 Å². The molecule has 0 unspecified atom stereocenters. The summed E-state index contributed by atoms with van der Waals surface area (Å²) in [5.41, 5.74) is 1.61. The fourth-order valence-corrected chi connectivity index (χ4v) is 3.38. The highest BCUT2D eigenvalue weighted by atomic mass is 16.5. The molecule has 1 N–H and O–H groups in total. The average Bonchev–Trinajstić information content (AvgIpc) is 2.73. The van der Waals surface area contributed by atoms with E-state index >= 15 is 0 Å². The first-order chi connectivity index (χ1) is 13.2. The maximum atomic E-state index is 12.9. The largest absolute Gasteiger partial charge is 0.497 e. The van der Waals surface area contributed by atoms with Crippen molar-refractivity contribution in [2.24, 2.45) is 0 Å². The zero-order chi connectivity index (χ0) is 19.2. The van der Waals surface area contributed by atoms with Crippen LogP contribution in [0.4, 0.5) is 5.69 Å². The number of rotatable bonds is 6. The Labute approximate surface area is 160 Å². The topological polar surface area (TPSA) is 60.0 Å². The van der Waals surface area contributed by atoms with Gasteiger partial charge in [-0.3, -0.25) is 4.79 Å². The van der Waals surface area contributed by atoms with E-state index in [4.69, 9.17) is 14.2 Å². The van der Waals surface area contributed by atoms with Gasteiger partial charge in [0.1, 0.15) is 5.75 Å². The van der Waals surface area contributed by atoms with Crippen LogP contribution in [-0.4, -0.2) is 51.3 Å². The molecule has 2 aromatic carbocycles. The Kier molecular flexibility index (Phi) is 6.06. The summed E-state index contributed by atoms with van der Waals surface area (Å²) in [6.45, 7) is 1.40. The van der Waals surface area contributed by atoms with E-state index in [1.807, 2.05) is 35.2 Å². The Morgan fingerprint density at radius 3 is 2.26 bits per heavy atom. The van der Waals surface area contributed by atoms with Crippen LogP contribution in [0.3, 0.4) is 0 Å². The molecule has 1 heterocycles. The highest BCUT2D eigenvalue weighted by Crippen LogP contribution is 2.32. The standard InChI is InChI=1S/C21H26N2O4/c1-25-17-9-7-15(8-10-17)22-16-11-13-23(14-12-16)21(24)18-5-4-6-19(26-2)20(18)27-3/h4-10,16,22H,11-14H2,1-3H3. The Balaban J connectivity index is 1.61. The number of methoxy groups -OCH3 is 3. The quantitative estimate of drug-likeness (QED) is 0.844. The number of likely N-dealkylation sites (tertiary alicyclic amines) is 1. The number of piperidine rings is 1. The van der Waals surface area contributed by atoms with Crippen LogP contribution >= 0.6 is 0 Å². The minimum absolute atomic E-state index is 0.0198. The van der Waals surface area contributed by atoms with Crippen LogP contribution in [0.25, 0.3) is 0 Å². The summed E-state index contributed by atoms with van der Waals surface area (Å²) in [7, 11) is 4.79. The molecule has 1 amide bonds. The molecule has 0 aliphatic carbocycles. The lowest BCUT2D eigenvalue weighted by Crippen LogP contribution is -2.42. The number of hydrogen-bond acceptors (Lipinski definition) is 5. The van der Waals surface area contributed by atoms with Crippen LogP contribution in [0.2, 0.25) is 0 Å². The third-order valence-electron chi connectivity index (χ3n) is 4.88. The van der Waals surface area contributed by atoms with Crippen LogP contribution in [-0.2, 0) is 0 Å². The van der Waals surface area contributed by atoms with E-state index in [0.717, 1.165) is 24.3 Å². The number of para-hydroxylation sites is 1. The molecule has 1 aliphatic rings. The summed E-state index contributed by atoms with van der Waals surface area (Å²) in [6.07, 6.45) is 1.79. The van der Waals surface area contributed by atoms with E-state index in [0.29, 0.717) is 36.2 Å². The van der Waals surface area contributed by atoms with Crippen molar-refractivity contribution < 1.29 is 19.0 Å². The number of anilines is 1. The van der Waals surface area contributed by atoms with E-state index in [1.54, 1.807) is 33.5 Å². The van der Waals surface area contributed by atoms with Gasteiger partial charge >= 0.3 is 0 Å². The number of hydrogen-bond donors (Lipinski definition) is 1. The minimum Gasteiger partial charge on any atom is -0.497 e. The first kappa shape index (κ1) is 18.9. The maximum absolute atomic E-state index is 12.9. The zero-order valence-corrected chi connectivity index (χ0v) is 16.0. The lowest BCUT2D eigenvalue weighted by molar-refractivity contribution is 0.0714. The SMILES string of the molecule is COc1ccc(NC2CCN(C(=O)c3cccc(OC)c3OC)CC2)cc1. The molecule has 144 valence electrons. The van der Waals surface area contributed by atoms with Crippen molar-refractivity contribution in [3.63, 3.8) is 0 Å². The smallest absolute Gasteiger partial charge is 0.257 e. The molecule has 0 spiro atoms. The number of carbonyl (C=O) groups is 1. The molecule has 0 atom stereocenters. The lowest BCUT2D eigenvalue weighted by Gasteiger charge is -2.33. The van der Waals surface area contributed by atoms with Gasteiger partial charge in [-0.2, -0.15) is 0 Å². The van der Waals surface area contributed by atoms with Crippen LogP contribution in [0.15, 0.2) is 42.5 Å². The number of carbonyl (C=O) groups excluding carboxylic acids is 1. The molecule has 0 aromatic heterocycles. The second-order valence-electron chi connectivity index (χ2n) is 6.48. The number of nitrogens with one attached hydrogen (secondary N) is 1. The predicted molar refractivity (Wildman–Crippen MR) is 105 cm³/mol. The minimum atomic E-state index is -0.0198. The predicted octanol–water partition coefficient (Wildman–Crippen LogP) is 3.43. The molecule has 0 saturated carbocycles. The van der Waals surface area contributed by atoms with E-state index in [-0.39, 0.29) is 5.91 Å². The Bertz CT molecular complexity index is 768. The van der Waals surface area contributed by atoms with Crippen molar-refractivity contribution in [3.05, 3.63) is 48.0 Å². The van der Waals surface area contributed by atoms with Crippen LogP contribution in [0.1, 0.15) is 23.2 Å². The second kappa shape index (κ2) is 8.66. The van der Waals surface area contributed by atoms with Gasteiger partial charge in [-0.1, -0.05) is 6.07 Å². The Morgan fingerprint density at radius 2 is 1.67 bits per heavy atom. The fourth-order valence-electron chi connectivity index (χ4n) is 3.38. The maximum Gasteiger partial charge on any atom is 0.257 e. The number of benzene rings is 2. The third-order valence-corrected chi connectivity index (χ3v) is 4.88. The van der Waals surface area contributed by atoms with Gasteiger partial charge in [0.25, 0.3) is 5.91 Å². The molecule has 27 heavy (non-hydrogen) atoms. The van der Waals surface area contributed by atoms with Crippen molar-refractivity contribution >= 4 is 11.6 Å². The molecule has 6 heteroatoms. The molecule has 1 saturated heterocycles. The van der Waals surface area contributed by atoms with E-state index in [9.17, 15) is 4.79 Å². The second-order valence-corrected chi connectivity index (χ2v) is 6.48. The molecule has 1 aliphatic heterocycles. The van der Waals surface area contributed by atoms with Gasteiger partial charge in [-0.15, -0.1) is 0 Å². The fraction of sp³-hybridized carbons (Fsp3) is 0.381. The van der Waals surface area contributed by atoms with Crippen molar-refractivity contribution in [3.8, 4) is 17.2 Å². The van der Waals surface area contributed by atoms with Gasteiger partial charge in [-0.25, -0.2) is 0 Å². The molecule has 0 bridgehead atoms. The lowest BCUT2D eigenvalue weighted by atomic mass is 10.0. The van der Waals surface area contributed by atoms with Gasteiger partial charge in [-0.05, 0) is 49.2 Å². The van der Waals surface area contributed by atoms with E-state index in [2.05, 4.69) is 5.32 Å². The molecule has 6 nitrogen and oxygen atoms in total. The van der Waals surface area contributed by atoms with Crippen LogP contribution in [0, 0.1) is 0 Å². The summed E-state index contributed by atoms with van der Waals surface area (Å²) in [6, 6.07) is 13.6. The Morgan fingerprint density at radius 1 is 0.963 bits per heavy atom. The van der Waals surface area contributed by atoms with Crippen LogP contribution < -0.4 is 19.5 Å². The molecule has 2 aromatic rings. The third kappa shape index (κ3) is 4.27. The van der Waals surface area contributed by atoms with Gasteiger partial charge in [0.2, 0.25) is 0 Å². The van der Waals surface area contributed by atoms with Gasteiger partial charge in [0.05, 0.1) is 26.9 Å². The van der Waals surface area contributed by atoms with Crippen molar-refractivity contribution in [1.29, 1.82) is 0 Å². The highest BCUT2D eigenvalue weighted by Gasteiger charge is 2.26. The normalized spacial score (nSPS) is 14.6. The Hall–Kier alpha value is -2.89.